The minimum absolute atomic E-state index is 0.0781. The van der Waals surface area contributed by atoms with Gasteiger partial charge in [-0.2, -0.15) is 0 Å². The van der Waals surface area contributed by atoms with E-state index in [9.17, 15) is 14.4 Å². The zero-order valence-electron chi connectivity index (χ0n) is 17.2. The first-order valence-corrected chi connectivity index (χ1v) is 10.3. The molecule has 1 fully saturated rings. The van der Waals surface area contributed by atoms with Gasteiger partial charge in [-0.1, -0.05) is 24.3 Å². The molecule has 0 saturated carbocycles. The number of carbonyl (C=O) groups excluding carboxylic acids is 3. The second-order valence-corrected chi connectivity index (χ2v) is 7.36. The number of nitrogens with one attached hydrogen (secondary N) is 3. The van der Waals surface area contributed by atoms with Crippen molar-refractivity contribution in [2.75, 3.05) is 20.1 Å². The molecule has 0 bridgehead atoms. The van der Waals surface area contributed by atoms with E-state index < -0.39 is 0 Å². The van der Waals surface area contributed by atoms with Crippen molar-refractivity contribution >= 4 is 17.8 Å². The van der Waals surface area contributed by atoms with Crippen LogP contribution in [0.3, 0.4) is 0 Å². The van der Waals surface area contributed by atoms with Gasteiger partial charge in [-0.15, -0.1) is 0 Å². The Kier molecular flexibility index (Phi) is 7.43. The lowest BCUT2D eigenvalue weighted by molar-refractivity contribution is 0.0724. The van der Waals surface area contributed by atoms with Crippen molar-refractivity contribution in [1.29, 1.82) is 0 Å². The van der Waals surface area contributed by atoms with E-state index in [2.05, 4.69) is 16.0 Å². The molecule has 0 unspecified atom stereocenters. The molecule has 3 rings (SSSR count). The molecule has 0 aromatic heterocycles. The SMILES string of the molecule is CNC(=O)c1ccc(CNC(=O)NCc2ccc(C(=O)N3CCCCC3)cc2)cc1. The Hall–Kier alpha value is -3.35. The Morgan fingerprint density at radius 3 is 1.77 bits per heavy atom. The van der Waals surface area contributed by atoms with E-state index in [0.717, 1.165) is 37.1 Å². The molecule has 2 aromatic carbocycles. The molecular weight excluding hydrogens is 380 g/mol. The van der Waals surface area contributed by atoms with E-state index in [0.29, 0.717) is 24.2 Å². The molecule has 1 saturated heterocycles. The molecule has 3 N–H and O–H groups in total. The summed E-state index contributed by atoms with van der Waals surface area (Å²) in [6.07, 6.45) is 3.33. The second kappa shape index (κ2) is 10.4. The van der Waals surface area contributed by atoms with Crippen LogP contribution < -0.4 is 16.0 Å². The zero-order valence-corrected chi connectivity index (χ0v) is 17.2. The van der Waals surface area contributed by atoms with Crippen LogP contribution in [-0.2, 0) is 13.1 Å². The van der Waals surface area contributed by atoms with E-state index in [4.69, 9.17) is 0 Å². The molecule has 7 heteroatoms. The Morgan fingerprint density at radius 2 is 1.27 bits per heavy atom. The maximum absolute atomic E-state index is 12.5. The van der Waals surface area contributed by atoms with Crippen molar-refractivity contribution in [3.05, 3.63) is 70.8 Å². The van der Waals surface area contributed by atoms with Crippen molar-refractivity contribution in [1.82, 2.24) is 20.9 Å². The van der Waals surface area contributed by atoms with Gasteiger partial charge in [0.05, 0.1) is 0 Å². The average Bonchev–Trinajstić information content (AvgIpc) is 2.81. The molecule has 0 atom stereocenters. The highest BCUT2D eigenvalue weighted by Crippen LogP contribution is 2.14. The summed E-state index contributed by atoms with van der Waals surface area (Å²) < 4.78 is 0. The maximum atomic E-state index is 12.5. The summed E-state index contributed by atoms with van der Waals surface area (Å²) >= 11 is 0. The zero-order chi connectivity index (χ0) is 21.3. The van der Waals surface area contributed by atoms with Crippen LogP contribution in [0.25, 0.3) is 0 Å². The summed E-state index contributed by atoms with van der Waals surface area (Å²) in [6, 6.07) is 14.2. The van der Waals surface area contributed by atoms with E-state index >= 15 is 0 Å². The molecule has 0 spiro atoms. The van der Waals surface area contributed by atoms with E-state index in [1.807, 2.05) is 41.3 Å². The van der Waals surface area contributed by atoms with Crippen LogP contribution in [-0.4, -0.2) is 42.9 Å². The molecule has 1 aliphatic heterocycles. The monoisotopic (exact) mass is 408 g/mol. The van der Waals surface area contributed by atoms with Gasteiger partial charge in [0.25, 0.3) is 11.8 Å². The predicted octanol–water partition coefficient (Wildman–Crippen LogP) is 2.67. The highest BCUT2D eigenvalue weighted by Gasteiger charge is 2.17. The van der Waals surface area contributed by atoms with Gasteiger partial charge in [0.1, 0.15) is 0 Å². The minimum Gasteiger partial charge on any atom is -0.355 e. The standard InChI is InChI=1S/C23H28N4O3/c1-24-21(28)19-9-5-17(6-10-19)15-25-23(30)26-16-18-7-11-20(12-8-18)22(29)27-13-3-2-4-14-27/h5-12H,2-4,13-16H2,1H3,(H,24,28)(H2,25,26,30). The van der Waals surface area contributed by atoms with Gasteiger partial charge in [-0.05, 0) is 54.7 Å². The Labute approximate surface area is 176 Å². The Morgan fingerprint density at radius 1 is 0.767 bits per heavy atom. The lowest BCUT2D eigenvalue weighted by Gasteiger charge is -2.26. The van der Waals surface area contributed by atoms with Crippen molar-refractivity contribution in [3.8, 4) is 0 Å². The van der Waals surface area contributed by atoms with Crippen LogP contribution in [0.4, 0.5) is 4.79 Å². The van der Waals surface area contributed by atoms with Crippen molar-refractivity contribution < 1.29 is 14.4 Å². The Bertz CT molecular complexity index is 872. The summed E-state index contributed by atoms with van der Waals surface area (Å²) in [4.78, 5) is 38.0. The third-order valence-corrected chi connectivity index (χ3v) is 5.19. The number of rotatable bonds is 6. The summed E-state index contributed by atoms with van der Waals surface area (Å²) in [5.41, 5.74) is 3.09. The lowest BCUT2D eigenvalue weighted by Crippen LogP contribution is -2.35. The number of amides is 4. The molecule has 0 aliphatic carbocycles. The smallest absolute Gasteiger partial charge is 0.315 e. The van der Waals surface area contributed by atoms with Crippen LogP contribution in [0.5, 0.6) is 0 Å². The molecule has 1 heterocycles. The van der Waals surface area contributed by atoms with Gasteiger partial charge in [0.15, 0.2) is 0 Å². The van der Waals surface area contributed by atoms with Gasteiger partial charge in [-0.25, -0.2) is 4.79 Å². The van der Waals surface area contributed by atoms with Crippen LogP contribution in [0, 0.1) is 0 Å². The predicted molar refractivity (Wildman–Crippen MR) is 115 cm³/mol. The molecule has 2 aromatic rings. The fraction of sp³-hybridized carbons (Fsp3) is 0.348. The summed E-state index contributed by atoms with van der Waals surface area (Å²) in [5, 5.41) is 8.17. The van der Waals surface area contributed by atoms with Crippen LogP contribution in [0.2, 0.25) is 0 Å². The first kappa shape index (κ1) is 21.4. The number of nitrogens with zero attached hydrogens (tertiary/aromatic N) is 1. The van der Waals surface area contributed by atoms with E-state index in [-0.39, 0.29) is 17.8 Å². The number of hydrogen-bond donors (Lipinski definition) is 3. The second-order valence-electron chi connectivity index (χ2n) is 7.36. The number of carbonyl (C=O) groups is 3. The molecular formula is C23H28N4O3. The van der Waals surface area contributed by atoms with Crippen molar-refractivity contribution in [2.45, 2.75) is 32.4 Å². The lowest BCUT2D eigenvalue weighted by atomic mass is 10.1. The summed E-state index contributed by atoms with van der Waals surface area (Å²) in [5.74, 6) is -0.0645. The number of piperidine rings is 1. The fourth-order valence-corrected chi connectivity index (χ4v) is 3.39. The van der Waals surface area contributed by atoms with Crippen LogP contribution >= 0.6 is 0 Å². The molecule has 7 nitrogen and oxygen atoms in total. The summed E-state index contributed by atoms with van der Waals surface area (Å²) in [7, 11) is 1.59. The fourth-order valence-electron chi connectivity index (χ4n) is 3.39. The first-order chi connectivity index (χ1) is 14.6. The van der Waals surface area contributed by atoms with Crippen molar-refractivity contribution in [3.63, 3.8) is 0 Å². The van der Waals surface area contributed by atoms with Crippen LogP contribution in [0.15, 0.2) is 48.5 Å². The van der Waals surface area contributed by atoms with Crippen molar-refractivity contribution in [2.24, 2.45) is 0 Å². The van der Waals surface area contributed by atoms with E-state index in [1.54, 1.807) is 19.2 Å². The number of urea groups is 1. The van der Waals surface area contributed by atoms with Gasteiger partial charge in [0, 0.05) is 44.4 Å². The molecule has 4 amide bonds. The third kappa shape index (κ3) is 5.83. The quantitative estimate of drug-likeness (QED) is 0.686. The normalized spacial score (nSPS) is 13.4. The molecule has 158 valence electrons. The van der Waals surface area contributed by atoms with E-state index in [1.165, 1.54) is 6.42 Å². The average molecular weight is 409 g/mol. The number of hydrogen-bond acceptors (Lipinski definition) is 3. The largest absolute Gasteiger partial charge is 0.355 e. The summed E-state index contributed by atoms with van der Waals surface area (Å²) in [6.45, 7) is 2.40. The van der Waals surface area contributed by atoms with Gasteiger partial charge in [-0.3, -0.25) is 9.59 Å². The van der Waals surface area contributed by atoms with Gasteiger partial charge < -0.3 is 20.9 Å². The highest BCUT2D eigenvalue weighted by atomic mass is 16.2. The highest BCUT2D eigenvalue weighted by molar-refractivity contribution is 5.94. The molecule has 30 heavy (non-hydrogen) atoms. The molecule has 1 aliphatic rings. The molecule has 0 radical (unpaired) electrons. The first-order valence-electron chi connectivity index (χ1n) is 10.3. The number of likely N-dealkylation sites (tertiary alicyclic amines) is 1. The Balaban J connectivity index is 1.43. The maximum Gasteiger partial charge on any atom is 0.315 e. The minimum atomic E-state index is -0.279. The number of benzene rings is 2. The van der Waals surface area contributed by atoms with Gasteiger partial charge >= 0.3 is 6.03 Å². The van der Waals surface area contributed by atoms with Gasteiger partial charge in [0.2, 0.25) is 0 Å². The topological polar surface area (TPSA) is 90.5 Å². The van der Waals surface area contributed by atoms with Crippen LogP contribution in [0.1, 0.15) is 51.1 Å². The third-order valence-electron chi connectivity index (χ3n) is 5.19.